The highest BCUT2D eigenvalue weighted by Gasteiger charge is 2.30. The van der Waals surface area contributed by atoms with Crippen molar-refractivity contribution in [3.8, 4) is 9.88 Å². The van der Waals surface area contributed by atoms with Crippen molar-refractivity contribution in [2.75, 3.05) is 18.9 Å². The lowest BCUT2D eigenvalue weighted by Crippen LogP contribution is -2.50. The first-order chi connectivity index (χ1) is 19.1. The highest BCUT2D eigenvalue weighted by molar-refractivity contribution is 7.87. The van der Waals surface area contributed by atoms with E-state index in [1.807, 2.05) is 57.9 Å². The van der Waals surface area contributed by atoms with Gasteiger partial charge in [0, 0.05) is 18.8 Å². The van der Waals surface area contributed by atoms with Crippen LogP contribution in [0.5, 0.6) is 0 Å². The minimum absolute atomic E-state index is 0.197. The van der Waals surface area contributed by atoms with Crippen molar-refractivity contribution in [3.63, 3.8) is 0 Å². The van der Waals surface area contributed by atoms with Crippen LogP contribution < -0.4 is 10.0 Å². The van der Waals surface area contributed by atoms with Crippen molar-refractivity contribution in [2.45, 2.75) is 24.9 Å². The SMILES string of the molecule is COC(=O)N(C)[C@@H](Cc1ccccc1)C(=O)N[C@@H](Cc1ccc(NS(=O)(=O)O)cc1)c1csc(-c2cccs2)n1. The van der Waals surface area contributed by atoms with Crippen LogP contribution in [-0.2, 0) is 32.7 Å². The smallest absolute Gasteiger partial charge is 0.409 e. The molecule has 2 aromatic carbocycles. The Morgan fingerprint density at radius 2 is 1.70 bits per heavy atom. The van der Waals surface area contributed by atoms with E-state index in [0.29, 0.717) is 12.1 Å². The highest BCUT2D eigenvalue weighted by atomic mass is 32.2. The van der Waals surface area contributed by atoms with Gasteiger partial charge in [0.15, 0.2) is 0 Å². The lowest BCUT2D eigenvalue weighted by molar-refractivity contribution is -0.126. The molecule has 40 heavy (non-hydrogen) atoms. The van der Waals surface area contributed by atoms with Gasteiger partial charge in [-0.25, -0.2) is 9.78 Å². The van der Waals surface area contributed by atoms with Crippen LogP contribution in [0, 0.1) is 0 Å². The highest BCUT2D eigenvalue weighted by Crippen LogP contribution is 2.31. The number of methoxy groups -OCH3 is 1. The fourth-order valence-corrected chi connectivity index (χ4v) is 6.19. The zero-order valence-electron chi connectivity index (χ0n) is 21.7. The van der Waals surface area contributed by atoms with Crippen LogP contribution >= 0.6 is 22.7 Å². The molecule has 4 rings (SSSR count). The third-order valence-electron chi connectivity index (χ3n) is 6.07. The summed E-state index contributed by atoms with van der Waals surface area (Å²) in [4.78, 5) is 33.2. The Hall–Kier alpha value is -3.78. The number of rotatable bonds is 11. The minimum atomic E-state index is -4.40. The number of nitrogens with zero attached hydrogens (tertiary/aromatic N) is 2. The molecule has 2 aromatic heterocycles. The molecule has 0 spiro atoms. The van der Waals surface area contributed by atoms with E-state index in [1.54, 1.807) is 23.5 Å². The number of likely N-dealkylation sites (N-methyl/N-ethyl adjacent to an activating group) is 1. The molecule has 0 aliphatic heterocycles. The maximum atomic E-state index is 13.7. The van der Waals surface area contributed by atoms with Crippen LogP contribution in [0.1, 0.15) is 22.9 Å². The summed E-state index contributed by atoms with van der Waals surface area (Å²) >= 11 is 3.03. The maximum Gasteiger partial charge on any atom is 0.409 e. The Balaban J connectivity index is 1.62. The zero-order valence-corrected chi connectivity index (χ0v) is 24.1. The van der Waals surface area contributed by atoms with Gasteiger partial charge in [-0.1, -0.05) is 48.5 Å². The number of benzene rings is 2. The third-order valence-corrected chi connectivity index (χ3v) is 8.47. The van der Waals surface area contributed by atoms with Gasteiger partial charge in [-0.15, -0.1) is 22.7 Å². The second kappa shape index (κ2) is 13.0. The standard InChI is InChI=1S/C27H28N4O6S3/c1-31(27(33)37-2)23(16-18-7-4-3-5-8-18)25(32)28-21(22-17-39-26(29-22)24-9-6-14-38-24)15-19-10-12-20(13-11-19)30-40(34,35)36/h3-14,17,21,23,30H,15-16H2,1-2H3,(H,28,32)(H,34,35,36)/t21-,23-/m0/s1. The van der Waals surface area contributed by atoms with Gasteiger partial charge in [0.2, 0.25) is 5.91 Å². The number of hydrogen-bond acceptors (Lipinski definition) is 8. The van der Waals surface area contributed by atoms with Gasteiger partial charge >= 0.3 is 16.4 Å². The number of nitrogens with one attached hydrogen (secondary N) is 2. The first-order valence-corrected chi connectivity index (χ1v) is 15.3. The van der Waals surface area contributed by atoms with E-state index >= 15 is 0 Å². The fraction of sp³-hybridized carbons (Fsp3) is 0.222. The van der Waals surface area contributed by atoms with Gasteiger partial charge in [0.05, 0.1) is 29.4 Å². The number of anilines is 1. The summed E-state index contributed by atoms with van der Waals surface area (Å²) in [6.07, 6.45) is -0.0208. The first-order valence-electron chi connectivity index (χ1n) is 12.1. The summed E-state index contributed by atoms with van der Waals surface area (Å²) in [5, 5.41) is 7.77. The number of aromatic nitrogens is 1. The summed E-state index contributed by atoms with van der Waals surface area (Å²) in [7, 11) is -1.62. The van der Waals surface area contributed by atoms with E-state index in [1.165, 1.54) is 42.5 Å². The second-order valence-electron chi connectivity index (χ2n) is 8.88. The molecule has 0 radical (unpaired) electrons. The van der Waals surface area contributed by atoms with Gasteiger partial charge in [0.25, 0.3) is 0 Å². The molecule has 4 aromatic rings. The van der Waals surface area contributed by atoms with E-state index < -0.39 is 28.5 Å². The first kappa shape index (κ1) is 29.2. The largest absolute Gasteiger partial charge is 0.453 e. The van der Waals surface area contributed by atoms with Gasteiger partial charge in [-0.3, -0.25) is 19.0 Å². The number of thiazole rings is 1. The average molecular weight is 601 g/mol. The van der Waals surface area contributed by atoms with Crippen LogP contribution in [0.25, 0.3) is 9.88 Å². The average Bonchev–Trinajstić information content (AvgIpc) is 3.64. The van der Waals surface area contributed by atoms with Crippen molar-refractivity contribution < 1.29 is 27.3 Å². The van der Waals surface area contributed by atoms with Crippen LogP contribution in [0.2, 0.25) is 0 Å². The predicted molar refractivity (Wildman–Crippen MR) is 156 cm³/mol. The van der Waals surface area contributed by atoms with Crippen molar-refractivity contribution >= 4 is 50.7 Å². The Morgan fingerprint density at radius 1 is 1.00 bits per heavy atom. The molecular weight excluding hydrogens is 573 g/mol. The van der Waals surface area contributed by atoms with Crippen molar-refractivity contribution in [3.05, 3.63) is 94.3 Å². The predicted octanol–water partition coefficient (Wildman–Crippen LogP) is 4.80. The molecule has 0 aliphatic carbocycles. The lowest BCUT2D eigenvalue weighted by atomic mass is 10.0. The van der Waals surface area contributed by atoms with Crippen molar-refractivity contribution in [2.24, 2.45) is 0 Å². The molecule has 0 saturated heterocycles. The summed E-state index contributed by atoms with van der Waals surface area (Å²) in [6, 6.07) is 18.3. The Bertz CT molecular complexity index is 1520. The molecule has 210 valence electrons. The van der Waals surface area contributed by atoms with E-state index in [0.717, 1.165) is 21.0 Å². The number of ether oxygens (including phenoxy) is 1. The Kier molecular flexibility index (Phi) is 9.53. The molecular formula is C27H28N4O6S3. The fourth-order valence-electron chi connectivity index (χ4n) is 4.06. The molecule has 2 atom stereocenters. The monoisotopic (exact) mass is 600 g/mol. The summed E-state index contributed by atoms with van der Waals surface area (Å²) in [5.41, 5.74) is 2.52. The molecule has 10 nitrogen and oxygen atoms in total. The molecule has 2 amide bonds. The molecule has 0 fully saturated rings. The lowest BCUT2D eigenvalue weighted by Gasteiger charge is -2.28. The van der Waals surface area contributed by atoms with Gasteiger partial charge in [-0.2, -0.15) is 8.42 Å². The van der Waals surface area contributed by atoms with E-state index in [4.69, 9.17) is 14.3 Å². The number of thiophene rings is 1. The van der Waals surface area contributed by atoms with Crippen molar-refractivity contribution in [1.82, 2.24) is 15.2 Å². The molecule has 0 saturated carbocycles. The van der Waals surface area contributed by atoms with Crippen molar-refractivity contribution in [1.29, 1.82) is 0 Å². The molecule has 3 N–H and O–H groups in total. The van der Waals surface area contributed by atoms with Gasteiger partial charge in [-0.05, 0) is 41.1 Å². The van der Waals surface area contributed by atoms with Gasteiger partial charge < -0.3 is 10.1 Å². The third kappa shape index (κ3) is 7.88. The number of carbonyl (C=O) groups is 2. The van der Waals surface area contributed by atoms with E-state index in [-0.39, 0.29) is 18.0 Å². The molecule has 0 unspecified atom stereocenters. The Labute approximate surface area is 240 Å². The maximum absolute atomic E-state index is 13.7. The number of hydrogen-bond donors (Lipinski definition) is 3. The van der Waals surface area contributed by atoms with Crippen LogP contribution in [0.4, 0.5) is 10.5 Å². The van der Waals surface area contributed by atoms with E-state index in [9.17, 15) is 18.0 Å². The van der Waals surface area contributed by atoms with Gasteiger partial charge in [0.1, 0.15) is 11.0 Å². The Morgan fingerprint density at radius 3 is 2.33 bits per heavy atom. The number of carbonyl (C=O) groups excluding carboxylic acids is 2. The molecule has 0 bridgehead atoms. The van der Waals surface area contributed by atoms with E-state index in [2.05, 4.69) is 5.32 Å². The van der Waals surface area contributed by atoms with Crippen LogP contribution in [-0.4, -0.2) is 55.1 Å². The molecule has 0 aliphatic rings. The quantitative estimate of drug-likeness (QED) is 0.210. The minimum Gasteiger partial charge on any atom is -0.453 e. The van der Waals surface area contributed by atoms with Crippen LogP contribution in [0.15, 0.2) is 77.5 Å². The zero-order chi connectivity index (χ0) is 28.7. The summed E-state index contributed by atoms with van der Waals surface area (Å²) in [6.45, 7) is 0. The second-order valence-corrected chi connectivity index (χ2v) is 11.8. The molecule has 2 heterocycles. The summed E-state index contributed by atoms with van der Waals surface area (Å²) in [5.74, 6) is -0.378. The number of amides is 2. The van der Waals surface area contributed by atoms with Crippen LogP contribution in [0.3, 0.4) is 0 Å². The topological polar surface area (TPSA) is 138 Å². The summed E-state index contributed by atoms with van der Waals surface area (Å²) < 4.78 is 38.2. The molecule has 13 heteroatoms. The normalized spacial score (nSPS) is 12.8.